The molecule has 0 amide bonds. The van der Waals surface area contributed by atoms with Gasteiger partial charge in [-0.15, -0.1) is 0 Å². The quantitative estimate of drug-likeness (QED) is 0.746. The van der Waals surface area contributed by atoms with Gasteiger partial charge in [0.15, 0.2) is 5.82 Å². The topological polar surface area (TPSA) is 29.9 Å². The molecule has 0 spiro atoms. The molecule has 2 aromatic carbocycles. The highest BCUT2D eigenvalue weighted by molar-refractivity contribution is 6.31. The van der Waals surface area contributed by atoms with E-state index < -0.39 is 0 Å². The average molecular weight is 292 g/mol. The van der Waals surface area contributed by atoms with E-state index in [4.69, 9.17) is 23.2 Å². The number of hydrogen-bond acceptors (Lipinski definition) is 2. The van der Waals surface area contributed by atoms with E-state index in [1.807, 2.05) is 54.2 Å². The fourth-order valence-electron chi connectivity index (χ4n) is 2.03. The van der Waals surface area contributed by atoms with Crippen molar-refractivity contribution < 1.29 is 0 Å². The minimum absolute atomic E-state index is 0.684. The van der Waals surface area contributed by atoms with Gasteiger partial charge in [-0.2, -0.15) is 5.10 Å². The fraction of sp³-hybridized carbons (Fsp3) is 0.0714. The molecule has 1 N–H and O–H groups in total. The lowest BCUT2D eigenvalue weighted by molar-refractivity contribution is 0.801. The number of benzene rings is 2. The normalized spacial score (nSPS) is 10.9. The fourth-order valence-corrected chi connectivity index (χ4v) is 2.40. The van der Waals surface area contributed by atoms with Gasteiger partial charge in [-0.25, -0.2) is 0 Å². The number of aromatic nitrogens is 2. The van der Waals surface area contributed by atoms with Gasteiger partial charge in [0.2, 0.25) is 0 Å². The molecule has 19 heavy (non-hydrogen) atoms. The van der Waals surface area contributed by atoms with Crippen molar-refractivity contribution in [3.05, 3.63) is 52.5 Å². The van der Waals surface area contributed by atoms with E-state index in [1.54, 1.807) is 0 Å². The van der Waals surface area contributed by atoms with Crippen LogP contribution in [0.3, 0.4) is 0 Å². The summed E-state index contributed by atoms with van der Waals surface area (Å²) in [5, 5.41) is 10.1. The van der Waals surface area contributed by atoms with Crippen molar-refractivity contribution >= 4 is 45.6 Å². The van der Waals surface area contributed by atoms with Crippen molar-refractivity contribution in [2.75, 3.05) is 5.32 Å². The molecule has 0 atom stereocenters. The van der Waals surface area contributed by atoms with Gasteiger partial charge in [-0.1, -0.05) is 29.3 Å². The molecule has 1 aromatic heterocycles. The lowest BCUT2D eigenvalue weighted by atomic mass is 10.2. The zero-order valence-electron chi connectivity index (χ0n) is 10.2. The zero-order chi connectivity index (χ0) is 13.4. The van der Waals surface area contributed by atoms with Crippen LogP contribution in [0.2, 0.25) is 10.0 Å². The summed E-state index contributed by atoms with van der Waals surface area (Å²) in [7, 11) is 1.90. The highest BCUT2D eigenvalue weighted by atomic mass is 35.5. The third-order valence-corrected chi connectivity index (χ3v) is 3.37. The molecule has 0 fully saturated rings. The second kappa shape index (κ2) is 4.76. The molecule has 0 bridgehead atoms. The van der Waals surface area contributed by atoms with Crippen molar-refractivity contribution in [1.82, 2.24) is 9.78 Å². The first-order valence-electron chi connectivity index (χ1n) is 5.78. The molecule has 1 heterocycles. The van der Waals surface area contributed by atoms with Crippen LogP contribution >= 0.6 is 23.2 Å². The van der Waals surface area contributed by atoms with Crippen molar-refractivity contribution in [2.45, 2.75) is 0 Å². The van der Waals surface area contributed by atoms with Gasteiger partial charge < -0.3 is 5.32 Å². The second-order valence-corrected chi connectivity index (χ2v) is 5.14. The zero-order valence-corrected chi connectivity index (χ0v) is 11.7. The number of fused-ring (bicyclic) bond motifs is 1. The Morgan fingerprint density at radius 2 is 1.84 bits per heavy atom. The van der Waals surface area contributed by atoms with Crippen LogP contribution in [0.4, 0.5) is 11.5 Å². The standard InChI is InChI=1S/C14H11Cl2N3/c1-19-13-6-5-10(16)8-12(13)14(18-19)17-11-4-2-3-9(15)7-11/h2-8H,1H3,(H,17,18). The lowest BCUT2D eigenvalue weighted by Gasteiger charge is -2.03. The van der Waals surface area contributed by atoms with Crippen LogP contribution in [0.15, 0.2) is 42.5 Å². The summed E-state index contributed by atoms with van der Waals surface area (Å²) >= 11 is 12.0. The molecule has 0 radical (unpaired) electrons. The Morgan fingerprint density at radius 1 is 1.05 bits per heavy atom. The number of rotatable bonds is 2. The molecule has 0 saturated carbocycles. The molecule has 96 valence electrons. The summed E-state index contributed by atoms with van der Waals surface area (Å²) in [6.07, 6.45) is 0. The molecule has 0 aliphatic heterocycles. The summed E-state index contributed by atoms with van der Waals surface area (Å²) in [5.41, 5.74) is 1.92. The monoisotopic (exact) mass is 291 g/mol. The number of halogens is 2. The maximum absolute atomic E-state index is 6.04. The van der Waals surface area contributed by atoms with Crippen LogP contribution in [-0.2, 0) is 7.05 Å². The van der Waals surface area contributed by atoms with Gasteiger partial charge in [-0.3, -0.25) is 4.68 Å². The van der Waals surface area contributed by atoms with Crippen LogP contribution in [0.1, 0.15) is 0 Å². The molecule has 3 rings (SSSR count). The summed E-state index contributed by atoms with van der Waals surface area (Å²) in [5.74, 6) is 0.766. The van der Waals surface area contributed by atoms with E-state index in [1.165, 1.54) is 0 Å². The molecule has 0 saturated heterocycles. The number of anilines is 2. The van der Waals surface area contributed by atoms with E-state index in [-0.39, 0.29) is 0 Å². The molecule has 0 unspecified atom stereocenters. The Bertz CT molecular complexity index is 750. The minimum atomic E-state index is 0.684. The molecule has 5 heteroatoms. The molecule has 3 aromatic rings. The van der Waals surface area contributed by atoms with Crippen LogP contribution in [0, 0.1) is 0 Å². The Labute approximate surface area is 120 Å². The average Bonchev–Trinajstić information content (AvgIpc) is 2.66. The van der Waals surface area contributed by atoms with Crippen LogP contribution in [0.5, 0.6) is 0 Å². The molecular formula is C14H11Cl2N3. The number of nitrogens with zero attached hydrogens (tertiary/aromatic N) is 2. The summed E-state index contributed by atoms with van der Waals surface area (Å²) in [6.45, 7) is 0. The minimum Gasteiger partial charge on any atom is -0.338 e. The van der Waals surface area contributed by atoms with Gasteiger partial charge in [0.05, 0.1) is 5.52 Å². The predicted octanol–water partition coefficient (Wildman–Crippen LogP) is 4.62. The Balaban J connectivity index is 2.08. The highest BCUT2D eigenvalue weighted by Gasteiger charge is 2.09. The van der Waals surface area contributed by atoms with Crippen LogP contribution < -0.4 is 5.32 Å². The van der Waals surface area contributed by atoms with E-state index in [9.17, 15) is 0 Å². The first kappa shape index (κ1) is 12.3. The molecule has 0 aliphatic carbocycles. The summed E-state index contributed by atoms with van der Waals surface area (Å²) < 4.78 is 1.82. The Morgan fingerprint density at radius 3 is 2.63 bits per heavy atom. The highest BCUT2D eigenvalue weighted by Crippen LogP contribution is 2.28. The summed E-state index contributed by atoms with van der Waals surface area (Å²) in [6, 6.07) is 13.2. The second-order valence-electron chi connectivity index (χ2n) is 4.27. The van der Waals surface area contributed by atoms with Crippen LogP contribution in [-0.4, -0.2) is 9.78 Å². The number of nitrogens with one attached hydrogen (secondary N) is 1. The van der Waals surface area contributed by atoms with E-state index in [0.29, 0.717) is 10.0 Å². The Hall–Kier alpha value is -1.71. The van der Waals surface area contributed by atoms with Gasteiger partial charge in [0.25, 0.3) is 0 Å². The largest absolute Gasteiger partial charge is 0.338 e. The molecule has 3 nitrogen and oxygen atoms in total. The van der Waals surface area contributed by atoms with Gasteiger partial charge in [-0.05, 0) is 36.4 Å². The first-order chi connectivity index (χ1) is 9.13. The Kier molecular flexibility index (Phi) is 3.09. The van der Waals surface area contributed by atoms with E-state index in [0.717, 1.165) is 22.4 Å². The molecular weight excluding hydrogens is 281 g/mol. The summed E-state index contributed by atoms with van der Waals surface area (Å²) in [4.78, 5) is 0. The number of aryl methyl sites for hydroxylation is 1. The van der Waals surface area contributed by atoms with Crippen molar-refractivity contribution in [3.63, 3.8) is 0 Å². The third kappa shape index (κ3) is 2.39. The van der Waals surface area contributed by atoms with Crippen molar-refractivity contribution in [2.24, 2.45) is 7.05 Å². The van der Waals surface area contributed by atoms with E-state index in [2.05, 4.69) is 10.4 Å². The SMILES string of the molecule is Cn1nc(Nc2cccc(Cl)c2)c2cc(Cl)ccc21. The first-order valence-corrected chi connectivity index (χ1v) is 6.54. The van der Waals surface area contributed by atoms with E-state index >= 15 is 0 Å². The van der Waals surface area contributed by atoms with Gasteiger partial charge >= 0.3 is 0 Å². The molecule has 0 aliphatic rings. The number of hydrogen-bond donors (Lipinski definition) is 1. The third-order valence-electron chi connectivity index (χ3n) is 2.90. The van der Waals surface area contributed by atoms with Crippen LogP contribution in [0.25, 0.3) is 10.9 Å². The maximum atomic E-state index is 6.04. The van der Waals surface area contributed by atoms with Crippen molar-refractivity contribution in [1.29, 1.82) is 0 Å². The smallest absolute Gasteiger partial charge is 0.160 e. The van der Waals surface area contributed by atoms with Gasteiger partial charge in [0, 0.05) is 28.2 Å². The predicted molar refractivity (Wildman–Crippen MR) is 80.5 cm³/mol. The maximum Gasteiger partial charge on any atom is 0.160 e. The van der Waals surface area contributed by atoms with Gasteiger partial charge in [0.1, 0.15) is 0 Å². The van der Waals surface area contributed by atoms with Crippen molar-refractivity contribution in [3.8, 4) is 0 Å². The lowest BCUT2D eigenvalue weighted by Crippen LogP contribution is -1.93.